The van der Waals surface area contributed by atoms with E-state index in [2.05, 4.69) is 22.5 Å². The summed E-state index contributed by atoms with van der Waals surface area (Å²) in [5.41, 5.74) is 0.442. The zero-order valence-electron chi connectivity index (χ0n) is 11.7. The molecule has 1 rings (SSSR count). The fraction of sp³-hybridized carbons (Fsp3) is 0.571. The van der Waals surface area contributed by atoms with E-state index in [9.17, 15) is 4.79 Å². The van der Waals surface area contributed by atoms with Crippen molar-refractivity contribution in [2.24, 2.45) is 0 Å². The lowest BCUT2D eigenvalue weighted by Crippen LogP contribution is -2.26. The summed E-state index contributed by atoms with van der Waals surface area (Å²) in [5.74, 6) is 0.598. The zero-order valence-corrected chi connectivity index (χ0v) is 11.7. The van der Waals surface area contributed by atoms with Crippen molar-refractivity contribution < 1.29 is 9.53 Å². The second-order valence-corrected chi connectivity index (χ2v) is 4.14. The molecular formula is C14H23N3O2. The van der Waals surface area contributed by atoms with Gasteiger partial charge >= 0.3 is 0 Å². The van der Waals surface area contributed by atoms with Gasteiger partial charge in [-0.1, -0.05) is 13.0 Å². The normalized spacial score (nSPS) is 10.2. The van der Waals surface area contributed by atoms with Crippen molar-refractivity contribution in [2.75, 3.05) is 31.6 Å². The number of carbonyl (C=O) groups is 1. The first kappa shape index (κ1) is 15.4. The van der Waals surface area contributed by atoms with Gasteiger partial charge in [0.1, 0.15) is 11.5 Å². The average molecular weight is 265 g/mol. The van der Waals surface area contributed by atoms with Gasteiger partial charge in [-0.3, -0.25) is 4.79 Å². The predicted octanol–water partition coefficient (Wildman–Crippen LogP) is 2.06. The molecule has 1 heterocycles. The van der Waals surface area contributed by atoms with Crippen molar-refractivity contribution in [3.8, 4) is 0 Å². The molecular weight excluding hydrogens is 242 g/mol. The molecule has 2 N–H and O–H groups in total. The number of hydrogen-bond donors (Lipinski definition) is 2. The molecule has 0 saturated carbocycles. The number of nitrogens with one attached hydrogen (secondary N) is 2. The van der Waals surface area contributed by atoms with E-state index >= 15 is 0 Å². The molecule has 0 aromatic carbocycles. The highest BCUT2D eigenvalue weighted by Crippen LogP contribution is 2.04. The Morgan fingerprint density at radius 3 is 2.89 bits per heavy atom. The van der Waals surface area contributed by atoms with Gasteiger partial charge in [-0.05, 0) is 31.9 Å². The summed E-state index contributed by atoms with van der Waals surface area (Å²) < 4.78 is 5.21. The topological polar surface area (TPSA) is 63.2 Å². The maximum absolute atomic E-state index is 11.9. The summed E-state index contributed by atoms with van der Waals surface area (Å²) in [6.45, 7) is 6.88. The van der Waals surface area contributed by atoms with Gasteiger partial charge in [-0.25, -0.2) is 4.98 Å². The van der Waals surface area contributed by atoms with Crippen molar-refractivity contribution in [3.05, 3.63) is 23.9 Å². The Bertz CT molecular complexity index is 383. The molecule has 106 valence electrons. The first-order valence-corrected chi connectivity index (χ1v) is 6.84. The molecule has 1 amide bonds. The highest BCUT2D eigenvalue weighted by molar-refractivity contribution is 5.92. The quantitative estimate of drug-likeness (QED) is 0.671. The number of aromatic nitrogens is 1. The van der Waals surface area contributed by atoms with Gasteiger partial charge in [0.25, 0.3) is 5.91 Å². The van der Waals surface area contributed by atoms with Crippen molar-refractivity contribution in [1.29, 1.82) is 0 Å². The molecule has 0 aliphatic heterocycles. The van der Waals surface area contributed by atoms with Crippen LogP contribution in [0.5, 0.6) is 0 Å². The number of hydrogen-bond acceptors (Lipinski definition) is 4. The summed E-state index contributed by atoms with van der Waals surface area (Å²) in [6.07, 6.45) is 1.84. The van der Waals surface area contributed by atoms with Crippen LogP contribution in [0, 0.1) is 0 Å². The van der Waals surface area contributed by atoms with Crippen molar-refractivity contribution >= 4 is 11.7 Å². The van der Waals surface area contributed by atoms with Crippen LogP contribution in [-0.2, 0) is 4.74 Å². The number of pyridine rings is 1. The Kier molecular flexibility index (Phi) is 7.58. The second-order valence-electron chi connectivity index (χ2n) is 4.14. The van der Waals surface area contributed by atoms with Gasteiger partial charge in [0.2, 0.25) is 0 Å². The first-order valence-electron chi connectivity index (χ1n) is 6.84. The summed E-state index contributed by atoms with van der Waals surface area (Å²) in [5, 5.41) is 5.99. The average Bonchev–Trinajstić information content (AvgIpc) is 2.45. The number of rotatable bonds is 9. The highest BCUT2D eigenvalue weighted by Gasteiger charge is 2.06. The van der Waals surface area contributed by atoms with E-state index in [1.807, 2.05) is 19.1 Å². The number of ether oxygens (including phenoxy) is 1. The molecule has 19 heavy (non-hydrogen) atoms. The van der Waals surface area contributed by atoms with Crippen molar-refractivity contribution in [1.82, 2.24) is 10.3 Å². The first-order chi connectivity index (χ1) is 9.27. The molecule has 5 nitrogen and oxygen atoms in total. The maximum Gasteiger partial charge on any atom is 0.269 e. The van der Waals surface area contributed by atoms with E-state index in [-0.39, 0.29) is 5.91 Å². The van der Waals surface area contributed by atoms with Crippen LogP contribution in [0.25, 0.3) is 0 Å². The van der Waals surface area contributed by atoms with Gasteiger partial charge in [0, 0.05) is 26.3 Å². The molecule has 0 atom stereocenters. The van der Waals surface area contributed by atoms with E-state index in [0.717, 1.165) is 25.2 Å². The molecule has 1 aromatic heterocycles. The third-order valence-electron chi connectivity index (χ3n) is 2.49. The smallest absolute Gasteiger partial charge is 0.269 e. The highest BCUT2D eigenvalue weighted by atomic mass is 16.5. The number of anilines is 1. The molecule has 0 bridgehead atoms. The predicted molar refractivity (Wildman–Crippen MR) is 76.5 cm³/mol. The van der Waals surface area contributed by atoms with Gasteiger partial charge in [0.15, 0.2) is 0 Å². The fourth-order valence-electron chi connectivity index (χ4n) is 1.52. The molecule has 1 aromatic rings. The van der Waals surface area contributed by atoms with Crippen LogP contribution in [0.1, 0.15) is 37.2 Å². The lowest BCUT2D eigenvalue weighted by molar-refractivity contribution is 0.0939. The molecule has 0 aliphatic rings. The van der Waals surface area contributed by atoms with E-state index in [1.165, 1.54) is 0 Å². The largest absolute Gasteiger partial charge is 0.382 e. The molecule has 0 radical (unpaired) electrons. The van der Waals surface area contributed by atoms with Crippen LogP contribution in [-0.4, -0.2) is 37.2 Å². The monoisotopic (exact) mass is 265 g/mol. The SMILES string of the molecule is CCCNc1cccc(C(=O)NCCCOCC)n1. The Balaban J connectivity index is 2.38. The van der Waals surface area contributed by atoms with E-state index in [4.69, 9.17) is 4.74 Å². The van der Waals surface area contributed by atoms with Crippen LogP contribution in [0.2, 0.25) is 0 Å². The third-order valence-corrected chi connectivity index (χ3v) is 2.49. The molecule has 0 fully saturated rings. The second kappa shape index (κ2) is 9.33. The van der Waals surface area contributed by atoms with Gasteiger partial charge in [-0.2, -0.15) is 0 Å². The molecule has 0 saturated heterocycles. The lowest BCUT2D eigenvalue weighted by Gasteiger charge is -2.07. The Morgan fingerprint density at radius 1 is 1.32 bits per heavy atom. The molecule has 0 spiro atoms. The summed E-state index contributed by atoms with van der Waals surface area (Å²) in [6, 6.07) is 5.41. The van der Waals surface area contributed by atoms with E-state index in [0.29, 0.717) is 25.5 Å². The van der Waals surface area contributed by atoms with Gasteiger partial charge in [0.05, 0.1) is 0 Å². The third kappa shape index (κ3) is 6.20. The van der Waals surface area contributed by atoms with Crippen LogP contribution >= 0.6 is 0 Å². The molecule has 0 unspecified atom stereocenters. The van der Waals surface area contributed by atoms with E-state index in [1.54, 1.807) is 6.07 Å². The van der Waals surface area contributed by atoms with Crippen LogP contribution in [0.4, 0.5) is 5.82 Å². The van der Waals surface area contributed by atoms with Crippen LogP contribution in [0.15, 0.2) is 18.2 Å². The number of carbonyl (C=O) groups excluding carboxylic acids is 1. The minimum atomic E-state index is -0.142. The maximum atomic E-state index is 11.9. The standard InChI is InChI=1S/C14H23N3O2/c1-3-9-15-13-8-5-7-12(17-13)14(18)16-10-6-11-19-4-2/h5,7-8H,3-4,6,9-11H2,1-2H3,(H,15,17)(H,16,18). The number of nitrogens with zero attached hydrogens (tertiary/aromatic N) is 1. The Hall–Kier alpha value is -1.62. The van der Waals surface area contributed by atoms with Crippen molar-refractivity contribution in [2.45, 2.75) is 26.7 Å². The summed E-state index contributed by atoms with van der Waals surface area (Å²) >= 11 is 0. The fourth-order valence-corrected chi connectivity index (χ4v) is 1.52. The Labute approximate surface area is 114 Å². The summed E-state index contributed by atoms with van der Waals surface area (Å²) in [4.78, 5) is 16.1. The number of amides is 1. The molecule has 0 aliphatic carbocycles. The van der Waals surface area contributed by atoms with Crippen molar-refractivity contribution in [3.63, 3.8) is 0 Å². The summed E-state index contributed by atoms with van der Waals surface area (Å²) in [7, 11) is 0. The van der Waals surface area contributed by atoms with Gasteiger partial charge < -0.3 is 15.4 Å². The van der Waals surface area contributed by atoms with Crippen LogP contribution in [0.3, 0.4) is 0 Å². The van der Waals surface area contributed by atoms with Gasteiger partial charge in [-0.15, -0.1) is 0 Å². The molecule has 5 heteroatoms. The lowest BCUT2D eigenvalue weighted by atomic mass is 10.3. The van der Waals surface area contributed by atoms with E-state index < -0.39 is 0 Å². The minimum Gasteiger partial charge on any atom is -0.382 e. The Morgan fingerprint density at radius 2 is 2.16 bits per heavy atom. The minimum absolute atomic E-state index is 0.142. The zero-order chi connectivity index (χ0) is 13.9. The van der Waals surface area contributed by atoms with Crippen LogP contribution < -0.4 is 10.6 Å².